The van der Waals surface area contributed by atoms with Gasteiger partial charge in [0.25, 0.3) is 0 Å². The van der Waals surface area contributed by atoms with Crippen molar-refractivity contribution in [1.82, 2.24) is 14.9 Å². The highest BCUT2D eigenvalue weighted by atomic mass is 16.5. The van der Waals surface area contributed by atoms with Gasteiger partial charge in [-0.2, -0.15) is 0 Å². The quantitative estimate of drug-likeness (QED) is 0.827. The highest BCUT2D eigenvalue weighted by Crippen LogP contribution is 2.17. The van der Waals surface area contributed by atoms with E-state index in [2.05, 4.69) is 27.9 Å². The Kier molecular flexibility index (Phi) is 4.12. The minimum Gasteiger partial charge on any atom is -0.382 e. The molecule has 0 bridgehead atoms. The van der Waals surface area contributed by atoms with E-state index in [0.717, 1.165) is 24.1 Å². The first-order valence-corrected chi connectivity index (χ1v) is 5.98. The molecule has 4 nitrogen and oxygen atoms in total. The van der Waals surface area contributed by atoms with Gasteiger partial charge in [-0.3, -0.25) is 0 Å². The van der Waals surface area contributed by atoms with Gasteiger partial charge < -0.3 is 14.6 Å². The number of ether oxygens (including phenoxy) is 1. The second-order valence-corrected chi connectivity index (χ2v) is 4.06. The van der Waals surface area contributed by atoms with Crippen LogP contribution in [0.4, 0.5) is 0 Å². The van der Waals surface area contributed by atoms with Crippen LogP contribution in [0.25, 0.3) is 11.0 Å². The molecule has 1 aromatic carbocycles. The first-order chi connectivity index (χ1) is 8.36. The lowest BCUT2D eigenvalue weighted by molar-refractivity contribution is 0.155. The van der Waals surface area contributed by atoms with Crippen molar-refractivity contribution in [2.75, 3.05) is 26.8 Å². The van der Waals surface area contributed by atoms with E-state index in [1.807, 2.05) is 24.5 Å². The van der Waals surface area contributed by atoms with Crippen LogP contribution in [-0.2, 0) is 4.74 Å². The Labute approximate surface area is 102 Å². The lowest BCUT2D eigenvalue weighted by Crippen LogP contribution is -2.27. The third-order valence-electron chi connectivity index (χ3n) is 2.86. The first kappa shape index (κ1) is 12.1. The van der Waals surface area contributed by atoms with Gasteiger partial charge in [-0.1, -0.05) is 19.1 Å². The molecule has 0 amide bonds. The van der Waals surface area contributed by atoms with Crippen LogP contribution in [0.15, 0.2) is 30.6 Å². The number of nitrogens with one attached hydrogen (secondary N) is 1. The molecule has 1 aromatic heterocycles. The fourth-order valence-electron chi connectivity index (χ4n) is 2.01. The van der Waals surface area contributed by atoms with E-state index in [1.165, 1.54) is 0 Å². The van der Waals surface area contributed by atoms with Gasteiger partial charge in [0.05, 0.1) is 30.0 Å². The molecule has 0 saturated heterocycles. The lowest BCUT2D eigenvalue weighted by atomic mass is 10.2. The number of benzene rings is 1. The Morgan fingerprint density at radius 1 is 1.41 bits per heavy atom. The topological polar surface area (TPSA) is 39.1 Å². The minimum atomic E-state index is 0.285. The summed E-state index contributed by atoms with van der Waals surface area (Å²) in [4.78, 5) is 4.41. The molecule has 1 N–H and O–H groups in total. The molecule has 1 unspecified atom stereocenters. The van der Waals surface area contributed by atoms with E-state index in [1.54, 1.807) is 7.11 Å². The van der Waals surface area contributed by atoms with Crippen LogP contribution in [0.3, 0.4) is 0 Å². The highest BCUT2D eigenvalue weighted by molar-refractivity contribution is 5.75. The number of imidazole rings is 1. The lowest BCUT2D eigenvalue weighted by Gasteiger charge is -2.18. The number of nitrogens with zero attached hydrogens (tertiary/aromatic N) is 2. The van der Waals surface area contributed by atoms with E-state index in [0.29, 0.717) is 6.61 Å². The predicted octanol–water partition coefficient (Wildman–Crippen LogP) is 1.83. The van der Waals surface area contributed by atoms with Crippen LogP contribution in [0.2, 0.25) is 0 Å². The summed E-state index contributed by atoms with van der Waals surface area (Å²) >= 11 is 0. The zero-order valence-electron chi connectivity index (χ0n) is 10.4. The fourth-order valence-corrected chi connectivity index (χ4v) is 2.01. The fraction of sp³-hybridized carbons (Fsp3) is 0.462. The summed E-state index contributed by atoms with van der Waals surface area (Å²) in [7, 11) is 1.73. The standard InChI is InChI=1S/C13H19N3O/c1-3-14-8-11(9-17-2)16-10-15-12-6-4-5-7-13(12)16/h4-7,10-11,14H,3,8-9H2,1-2H3. The number of rotatable bonds is 6. The Balaban J connectivity index is 2.27. The average Bonchev–Trinajstić information content (AvgIpc) is 2.78. The Hall–Kier alpha value is -1.39. The van der Waals surface area contributed by atoms with Gasteiger partial charge in [-0.15, -0.1) is 0 Å². The molecule has 0 fully saturated rings. The largest absolute Gasteiger partial charge is 0.382 e. The normalized spacial score (nSPS) is 13.1. The molecule has 0 spiro atoms. The summed E-state index contributed by atoms with van der Waals surface area (Å²) in [5.74, 6) is 0. The van der Waals surface area contributed by atoms with Gasteiger partial charge in [0.2, 0.25) is 0 Å². The monoisotopic (exact) mass is 233 g/mol. The maximum Gasteiger partial charge on any atom is 0.0962 e. The van der Waals surface area contributed by atoms with E-state index >= 15 is 0 Å². The van der Waals surface area contributed by atoms with E-state index in [-0.39, 0.29) is 6.04 Å². The minimum absolute atomic E-state index is 0.285. The summed E-state index contributed by atoms with van der Waals surface area (Å²) in [5, 5.41) is 3.36. The Bertz CT molecular complexity index is 466. The smallest absolute Gasteiger partial charge is 0.0962 e. The van der Waals surface area contributed by atoms with Crippen molar-refractivity contribution in [3.8, 4) is 0 Å². The van der Waals surface area contributed by atoms with E-state index in [4.69, 9.17) is 4.74 Å². The van der Waals surface area contributed by atoms with Crippen LogP contribution in [0.1, 0.15) is 13.0 Å². The van der Waals surface area contributed by atoms with Crippen molar-refractivity contribution < 1.29 is 4.74 Å². The van der Waals surface area contributed by atoms with Gasteiger partial charge in [-0.25, -0.2) is 4.98 Å². The summed E-state index contributed by atoms with van der Waals surface area (Å²) in [6.07, 6.45) is 1.89. The van der Waals surface area contributed by atoms with Crippen LogP contribution in [-0.4, -0.2) is 36.4 Å². The molecule has 92 valence electrons. The SMILES string of the molecule is CCNCC(COC)n1cnc2ccccc21. The Morgan fingerprint density at radius 2 is 2.24 bits per heavy atom. The third-order valence-corrected chi connectivity index (χ3v) is 2.86. The molecule has 0 aliphatic carbocycles. The number of hydrogen-bond donors (Lipinski definition) is 1. The van der Waals surface area contributed by atoms with Crippen molar-refractivity contribution in [2.24, 2.45) is 0 Å². The third kappa shape index (κ3) is 2.65. The molecule has 1 atom stereocenters. The van der Waals surface area contributed by atoms with E-state index in [9.17, 15) is 0 Å². The molecule has 0 aliphatic rings. The Morgan fingerprint density at radius 3 is 3.00 bits per heavy atom. The summed E-state index contributed by atoms with van der Waals surface area (Å²) < 4.78 is 7.47. The van der Waals surface area contributed by atoms with Crippen LogP contribution < -0.4 is 5.32 Å². The first-order valence-electron chi connectivity index (χ1n) is 5.98. The van der Waals surface area contributed by atoms with Crippen molar-refractivity contribution >= 4 is 11.0 Å². The maximum absolute atomic E-state index is 5.29. The highest BCUT2D eigenvalue weighted by Gasteiger charge is 2.12. The zero-order valence-corrected chi connectivity index (χ0v) is 10.4. The molecule has 2 rings (SSSR count). The summed E-state index contributed by atoms with van der Waals surface area (Å²) in [6.45, 7) is 4.65. The molecule has 0 radical (unpaired) electrons. The van der Waals surface area contributed by atoms with E-state index < -0.39 is 0 Å². The number of methoxy groups -OCH3 is 1. The van der Waals surface area contributed by atoms with Crippen LogP contribution in [0.5, 0.6) is 0 Å². The number of hydrogen-bond acceptors (Lipinski definition) is 3. The number of likely N-dealkylation sites (N-methyl/N-ethyl adjacent to an activating group) is 1. The molecule has 4 heteroatoms. The average molecular weight is 233 g/mol. The summed E-state index contributed by atoms with van der Waals surface area (Å²) in [6, 6.07) is 8.46. The summed E-state index contributed by atoms with van der Waals surface area (Å²) in [5.41, 5.74) is 2.19. The molecular weight excluding hydrogens is 214 g/mol. The van der Waals surface area contributed by atoms with Gasteiger partial charge in [0.1, 0.15) is 0 Å². The number of para-hydroxylation sites is 2. The number of fused-ring (bicyclic) bond motifs is 1. The maximum atomic E-state index is 5.29. The second kappa shape index (κ2) is 5.80. The van der Waals surface area contributed by atoms with Crippen molar-refractivity contribution in [2.45, 2.75) is 13.0 Å². The molecule has 0 saturated carbocycles. The molecule has 0 aliphatic heterocycles. The molecule has 2 aromatic rings. The van der Waals surface area contributed by atoms with Gasteiger partial charge in [-0.05, 0) is 18.7 Å². The molecular formula is C13H19N3O. The van der Waals surface area contributed by atoms with Gasteiger partial charge in [0.15, 0.2) is 0 Å². The van der Waals surface area contributed by atoms with Crippen LogP contribution >= 0.6 is 0 Å². The number of aromatic nitrogens is 2. The predicted molar refractivity (Wildman–Crippen MR) is 69.2 cm³/mol. The molecule has 17 heavy (non-hydrogen) atoms. The van der Waals surface area contributed by atoms with Crippen molar-refractivity contribution in [1.29, 1.82) is 0 Å². The van der Waals surface area contributed by atoms with Crippen molar-refractivity contribution in [3.63, 3.8) is 0 Å². The van der Waals surface area contributed by atoms with Crippen molar-refractivity contribution in [3.05, 3.63) is 30.6 Å². The van der Waals surface area contributed by atoms with Gasteiger partial charge in [0, 0.05) is 13.7 Å². The zero-order chi connectivity index (χ0) is 12.1. The molecule has 1 heterocycles. The van der Waals surface area contributed by atoms with Crippen LogP contribution in [0, 0.1) is 0 Å². The second-order valence-electron chi connectivity index (χ2n) is 4.06. The van der Waals surface area contributed by atoms with Gasteiger partial charge >= 0.3 is 0 Å².